The van der Waals surface area contributed by atoms with Crippen LogP contribution in [-0.4, -0.2) is 15.7 Å². The van der Waals surface area contributed by atoms with Gasteiger partial charge in [-0.3, -0.25) is 4.79 Å². The van der Waals surface area contributed by atoms with Crippen LogP contribution in [0.15, 0.2) is 53.8 Å². The fraction of sp³-hybridized carbons (Fsp3) is 0.353. The fourth-order valence-corrected chi connectivity index (χ4v) is 2.05. The Morgan fingerprint density at radius 3 is 2.62 bits per heavy atom. The lowest BCUT2D eigenvalue weighted by Crippen LogP contribution is -2.11. The topological polar surface area (TPSA) is 47.2 Å². The van der Waals surface area contributed by atoms with Crippen LogP contribution in [0.3, 0.4) is 0 Å². The van der Waals surface area contributed by atoms with Crippen LogP contribution in [0, 0.1) is 0 Å². The van der Waals surface area contributed by atoms with Crippen molar-refractivity contribution >= 4 is 5.91 Å². The van der Waals surface area contributed by atoms with Gasteiger partial charge < -0.3 is 0 Å². The van der Waals surface area contributed by atoms with E-state index in [1.807, 2.05) is 42.6 Å². The van der Waals surface area contributed by atoms with Gasteiger partial charge in [0.2, 0.25) is 5.91 Å². The van der Waals surface area contributed by atoms with Gasteiger partial charge in [-0.25, -0.2) is 9.67 Å². The van der Waals surface area contributed by atoms with Gasteiger partial charge in [-0.2, -0.15) is 5.10 Å². The number of benzene rings is 1. The van der Waals surface area contributed by atoms with Gasteiger partial charge in [0.15, 0.2) is 0 Å². The van der Waals surface area contributed by atoms with Crippen LogP contribution in [0.5, 0.6) is 0 Å². The lowest BCUT2D eigenvalue weighted by molar-refractivity contribution is -0.118. The largest absolute Gasteiger partial charge is 0.273 e. The molecule has 1 aromatic heterocycles. The predicted molar refractivity (Wildman–Crippen MR) is 82.9 cm³/mol. The monoisotopic (exact) mass is 283 g/mol. The summed E-state index contributed by atoms with van der Waals surface area (Å²) in [5, 5.41) is 4.90. The smallest absolute Gasteiger partial charge is 0.246 e. The second kappa shape index (κ2) is 8.15. The number of para-hydroxylation sites is 1. The molecule has 0 bridgehead atoms. The Morgan fingerprint density at radius 1 is 1.14 bits per heavy atom. The summed E-state index contributed by atoms with van der Waals surface area (Å²) in [5.74, 6) is -0.0645. The Morgan fingerprint density at radius 2 is 1.95 bits per heavy atom. The number of nitrogens with zero attached hydrogens (tertiary/aromatic N) is 3. The zero-order valence-corrected chi connectivity index (χ0v) is 12.4. The number of carbonyl (C=O) groups excluding carboxylic acids is 1. The van der Waals surface area contributed by atoms with E-state index in [0.29, 0.717) is 11.8 Å². The Hall–Kier alpha value is -2.23. The highest BCUT2D eigenvalue weighted by Gasteiger charge is 1.99. The number of amides is 1. The van der Waals surface area contributed by atoms with Crippen molar-refractivity contribution in [3.05, 3.63) is 54.1 Å². The molecule has 21 heavy (non-hydrogen) atoms. The molecule has 0 saturated heterocycles. The number of hydrogen-bond donors (Lipinski definition) is 0. The summed E-state index contributed by atoms with van der Waals surface area (Å²) in [6, 6.07) is 11.6. The van der Waals surface area contributed by atoms with Crippen molar-refractivity contribution in [2.24, 2.45) is 4.99 Å². The number of aromatic nitrogens is 2. The van der Waals surface area contributed by atoms with Crippen LogP contribution in [-0.2, 0) is 4.79 Å². The van der Waals surface area contributed by atoms with Crippen LogP contribution >= 0.6 is 0 Å². The van der Waals surface area contributed by atoms with E-state index in [2.05, 4.69) is 17.0 Å². The molecule has 2 rings (SSSR count). The molecule has 4 nitrogen and oxygen atoms in total. The molecular weight excluding hydrogens is 262 g/mol. The first-order valence-electron chi connectivity index (χ1n) is 7.47. The molecule has 0 radical (unpaired) electrons. The summed E-state index contributed by atoms with van der Waals surface area (Å²) >= 11 is 0. The first-order valence-corrected chi connectivity index (χ1v) is 7.47. The van der Waals surface area contributed by atoms with Gasteiger partial charge in [-0.15, -0.1) is 0 Å². The van der Waals surface area contributed by atoms with Crippen molar-refractivity contribution in [1.29, 1.82) is 0 Å². The van der Waals surface area contributed by atoms with E-state index >= 15 is 0 Å². The minimum Gasteiger partial charge on any atom is -0.273 e. The molecule has 0 aliphatic rings. The number of unbranched alkanes of at least 4 members (excludes halogenated alkanes) is 3. The molecule has 4 heteroatoms. The summed E-state index contributed by atoms with van der Waals surface area (Å²) in [6.07, 6.45) is 8.33. The van der Waals surface area contributed by atoms with Crippen molar-refractivity contribution in [3.63, 3.8) is 0 Å². The third-order valence-electron chi connectivity index (χ3n) is 3.22. The lowest BCUT2D eigenvalue weighted by Gasteiger charge is -2.03. The average Bonchev–Trinajstić information content (AvgIpc) is 2.53. The highest BCUT2D eigenvalue weighted by atomic mass is 16.1. The normalized spacial score (nSPS) is 11.6. The standard InChI is InChI=1S/C17H21N3O/c1-2-3-4-8-11-17(21)19-15-12-13-20(18-14-15)16-9-6-5-7-10-16/h5-7,9-10,12-14H,2-4,8,11H2,1H3/b19-15+. The molecule has 0 atom stereocenters. The van der Waals surface area contributed by atoms with Gasteiger partial charge in [-0.05, 0) is 24.6 Å². The van der Waals surface area contributed by atoms with Crippen molar-refractivity contribution in [1.82, 2.24) is 9.78 Å². The van der Waals surface area contributed by atoms with E-state index in [-0.39, 0.29) is 5.91 Å². The molecule has 1 aromatic carbocycles. The van der Waals surface area contributed by atoms with Gasteiger partial charge >= 0.3 is 0 Å². The molecule has 1 heterocycles. The minimum absolute atomic E-state index is 0.0645. The van der Waals surface area contributed by atoms with E-state index < -0.39 is 0 Å². The maximum absolute atomic E-state index is 11.7. The van der Waals surface area contributed by atoms with Crippen molar-refractivity contribution < 1.29 is 4.79 Å². The molecule has 0 saturated carbocycles. The van der Waals surface area contributed by atoms with Gasteiger partial charge in [0, 0.05) is 12.6 Å². The van der Waals surface area contributed by atoms with Crippen molar-refractivity contribution in [3.8, 4) is 5.69 Å². The summed E-state index contributed by atoms with van der Waals surface area (Å²) < 4.78 is 1.75. The van der Waals surface area contributed by atoms with Crippen LogP contribution < -0.4 is 5.36 Å². The van der Waals surface area contributed by atoms with Crippen LogP contribution in [0.4, 0.5) is 0 Å². The van der Waals surface area contributed by atoms with Gasteiger partial charge in [-0.1, -0.05) is 44.4 Å². The Kier molecular flexibility index (Phi) is 5.88. The first kappa shape index (κ1) is 15.2. The van der Waals surface area contributed by atoms with Crippen molar-refractivity contribution in [2.45, 2.75) is 39.0 Å². The molecule has 110 valence electrons. The minimum atomic E-state index is -0.0645. The lowest BCUT2D eigenvalue weighted by atomic mass is 10.1. The zero-order valence-electron chi connectivity index (χ0n) is 12.4. The highest BCUT2D eigenvalue weighted by molar-refractivity contribution is 5.76. The number of rotatable bonds is 6. The third kappa shape index (κ3) is 4.99. The van der Waals surface area contributed by atoms with Crippen molar-refractivity contribution in [2.75, 3.05) is 0 Å². The second-order valence-corrected chi connectivity index (χ2v) is 4.98. The molecule has 0 fully saturated rings. The molecule has 2 aromatic rings. The Balaban J connectivity index is 1.98. The summed E-state index contributed by atoms with van der Waals surface area (Å²) in [5.41, 5.74) is 0.981. The SMILES string of the molecule is CCCCCCC(=O)/N=c1\ccn(-c2ccccc2)nc1. The summed E-state index contributed by atoms with van der Waals surface area (Å²) in [7, 11) is 0. The van der Waals surface area contributed by atoms with E-state index in [4.69, 9.17) is 0 Å². The maximum Gasteiger partial charge on any atom is 0.246 e. The quantitative estimate of drug-likeness (QED) is 0.764. The van der Waals surface area contributed by atoms with Crippen LogP contribution in [0.25, 0.3) is 5.69 Å². The average molecular weight is 283 g/mol. The Bertz CT molecular complexity index is 611. The predicted octanol–water partition coefficient (Wildman–Crippen LogP) is 3.27. The highest BCUT2D eigenvalue weighted by Crippen LogP contribution is 2.04. The number of hydrogen-bond acceptors (Lipinski definition) is 2. The van der Waals surface area contributed by atoms with E-state index in [1.165, 1.54) is 12.8 Å². The number of carbonyl (C=O) groups is 1. The fourth-order valence-electron chi connectivity index (χ4n) is 2.05. The van der Waals surface area contributed by atoms with E-state index in [1.54, 1.807) is 10.9 Å². The first-order chi connectivity index (χ1) is 10.3. The third-order valence-corrected chi connectivity index (χ3v) is 3.22. The molecule has 0 N–H and O–H groups in total. The second-order valence-electron chi connectivity index (χ2n) is 4.98. The van der Waals surface area contributed by atoms with E-state index in [9.17, 15) is 4.79 Å². The molecule has 0 aliphatic carbocycles. The molecule has 1 amide bonds. The maximum atomic E-state index is 11.7. The molecular formula is C17H21N3O. The Labute approximate surface area is 125 Å². The van der Waals surface area contributed by atoms with Crippen LogP contribution in [0.2, 0.25) is 0 Å². The molecule has 0 unspecified atom stereocenters. The van der Waals surface area contributed by atoms with Gasteiger partial charge in [0.25, 0.3) is 0 Å². The summed E-state index contributed by atoms with van der Waals surface area (Å²) in [6.45, 7) is 2.16. The van der Waals surface area contributed by atoms with Crippen LogP contribution in [0.1, 0.15) is 39.0 Å². The van der Waals surface area contributed by atoms with E-state index in [0.717, 1.165) is 18.5 Å². The zero-order chi connectivity index (χ0) is 14.9. The van der Waals surface area contributed by atoms with Gasteiger partial charge in [0.05, 0.1) is 17.2 Å². The summed E-state index contributed by atoms with van der Waals surface area (Å²) in [4.78, 5) is 15.8. The van der Waals surface area contributed by atoms with Gasteiger partial charge in [0.1, 0.15) is 0 Å². The molecule has 0 spiro atoms. The molecule has 0 aliphatic heterocycles.